The van der Waals surface area contributed by atoms with Gasteiger partial charge in [0.05, 0.1) is 6.04 Å². The molecule has 0 saturated carbocycles. The molecule has 27 heavy (non-hydrogen) atoms. The van der Waals surface area contributed by atoms with E-state index < -0.39 is 0 Å². The largest absolute Gasteiger partial charge is 0.483 e. The molecular weight excluding hydrogens is 334 g/mol. The van der Waals surface area contributed by atoms with Crippen LogP contribution in [0.2, 0.25) is 0 Å². The van der Waals surface area contributed by atoms with Gasteiger partial charge in [-0.15, -0.1) is 0 Å². The summed E-state index contributed by atoms with van der Waals surface area (Å²) in [6.45, 7) is 6.03. The number of rotatable bonds is 6. The van der Waals surface area contributed by atoms with E-state index in [1.54, 1.807) is 0 Å². The SMILES string of the molecule is Cc1ccc(C)c(OCC(=O)NC(c2ccccc2)c2ccccc2C)c1. The molecule has 0 aliphatic heterocycles. The highest BCUT2D eigenvalue weighted by molar-refractivity contribution is 5.78. The van der Waals surface area contributed by atoms with Crippen molar-refractivity contribution in [2.75, 3.05) is 6.61 Å². The molecule has 0 aromatic heterocycles. The summed E-state index contributed by atoms with van der Waals surface area (Å²) in [5.74, 6) is 0.602. The maximum absolute atomic E-state index is 12.6. The third-order valence-electron chi connectivity index (χ3n) is 4.64. The van der Waals surface area contributed by atoms with E-state index in [9.17, 15) is 4.79 Å². The first kappa shape index (κ1) is 18.7. The Morgan fingerprint density at radius 1 is 0.889 bits per heavy atom. The van der Waals surface area contributed by atoms with Crippen molar-refractivity contribution >= 4 is 5.91 Å². The third-order valence-corrected chi connectivity index (χ3v) is 4.64. The highest BCUT2D eigenvalue weighted by atomic mass is 16.5. The Morgan fingerprint density at radius 3 is 2.33 bits per heavy atom. The summed E-state index contributed by atoms with van der Waals surface area (Å²) in [6, 6.07) is 23.9. The predicted octanol–water partition coefficient (Wildman–Crippen LogP) is 4.90. The van der Waals surface area contributed by atoms with Gasteiger partial charge in [0.25, 0.3) is 5.91 Å². The topological polar surface area (TPSA) is 38.3 Å². The molecule has 0 bridgehead atoms. The minimum absolute atomic E-state index is 0.0144. The average Bonchev–Trinajstić information content (AvgIpc) is 2.68. The van der Waals surface area contributed by atoms with Crippen LogP contribution in [0.5, 0.6) is 5.75 Å². The van der Waals surface area contributed by atoms with Gasteiger partial charge in [-0.2, -0.15) is 0 Å². The lowest BCUT2D eigenvalue weighted by Gasteiger charge is -2.22. The van der Waals surface area contributed by atoms with Crippen LogP contribution in [0.15, 0.2) is 72.8 Å². The number of nitrogens with one attached hydrogen (secondary N) is 1. The van der Waals surface area contributed by atoms with Crippen LogP contribution in [0, 0.1) is 20.8 Å². The Bertz CT molecular complexity index is 919. The van der Waals surface area contributed by atoms with Crippen molar-refractivity contribution < 1.29 is 9.53 Å². The second kappa shape index (κ2) is 8.54. The van der Waals surface area contributed by atoms with Crippen LogP contribution in [0.3, 0.4) is 0 Å². The van der Waals surface area contributed by atoms with Crippen LogP contribution < -0.4 is 10.1 Å². The number of hydrogen-bond acceptors (Lipinski definition) is 2. The number of ether oxygens (including phenoxy) is 1. The van der Waals surface area contributed by atoms with Gasteiger partial charge in [-0.25, -0.2) is 0 Å². The first-order chi connectivity index (χ1) is 13.0. The van der Waals surface area contributed by atoms with E-state index >= 15 is 0 Å². The number of benzene rings is 3. The van der Waals surface area contributed by atoms with Gasteiger partial charge < -0.3 is 10.1 Å². The van der Waals surface area contributed by atoms with Crippen LogP contribution in [0.1, 0.15) is 33.9 Å². The van der Waals surface area contributed by atoms with E-state index in [0.29, 0.717) is 0 Å². The lowest BCUT2D eigenvalue weighted by atomic mass is 9.95. The molecule has 1 atom stereocenters. The predicted molar refractivity (Wildman–Crippen MR) is 109 cm³/mol. The highest BCUT2D eigenvalue weighted by Crippen LogP contribution is 2.25. The second-order valence-electron chi connectivity index (χ2n) is 6.83. The van der Waals surface area contributed by atoms with Gasteiger partial charge in [0.15, 0.2) is 6.61 Å². The van der Waals surface area contributed by atoms with Gasteiger partial charge in [-0.05, 0) is 54.7 Å². The van der Waals surface area contributed by atoms with E-state index in [-0.39, 0.29) is 18.6 Å². The maximum atomic E-state index is 12.6. The number of aryl methyl sites for hydroxylation is 3. The molecule has 0 heterocycles. The molecule has 1 N–H and O–H groups in total. The zero-order valence-electron chi connectivity index (χ0n) is 16.0. The van der Waals surface area contributed by atoms with E-state index in [4.69, 9.17) is 4.74 Å². The third kappa shape index (κ3) is 4.76. The first-order valence-electron chi connectivity index (χ1n) is 9.14. The Kier molecular flexibility index (Phi) is 5.92. The fourth-order valence-electron chi connectivity index (χ4n) is 3.11. The van der Waals surface area contributed by atoms with Gasteiger partial charge in [-0.3, -0.25) is 4.79 Å². The van der Waals surface area contributed by atoms with Crippen LogP contribution in [0.25, 0.3) is 0 Å². The lowest BCUT2D eigenvalue weighted by molar-refractivity contribution is -0.123. The molecular formula is C24H25NO2. The Balaban J connectivity index is 1.77. The number of carbonyl (C=O) groups excluding carboxylic acids is 1. The number of carbonyl (C=O) groups is 1. The van der Waals surface area contributed by atoms with Gasteiger partial charge in [0.2, 0.25) is 0 Å². The molecule has 0 saturated heterocycles. The van der Waals surface area contributed by atoms with Crippen molar-refractivity contribution in [3.05, 3.63) is 101 Å². The standard InChI is InChI=1S/C24H25NO2/c1-17-13-14-19(3)22(15-17)27-16-23(26)25-24(20-10-5-4-6-11-20)21-12-8-7-9-18(21)2/h4-15,24H,16H2,1-3H3,(H,25,26). The number of hydrogen-bond donors (Lipinski definition) is 1. The van der Waals surface area contributed by atoms with Crippen LogP contribution in [-0.4, -0.2) is 12.5 Å². The molecule has 3 nitrogen and oxygen atoms in total. The molecule has 0 fully saturated rings. The molecule has 3 aromatic rings. The van der Waals surface area contributed by atoms with Crippen LogP contribution >= 0.6 is 0 Å². The van der Waals surface area contributed by atoms with Crippen LogP contribution in [0.4, 0.5) is 0 Å². The molecule has 0 aliphatic rings. The van der Waals surface area contributed by atoms with E-state index in [2.05, 4.69) is 24.4 Å². The zero-order valence-corrected chi connectivity index (χ0v) is 16.0. The molecule has 1 amide bonds. The van der Waals surface area contributed by atoms with E-state index in [1.807, 2.05) is 74.5 Å². The summed E-state index contributed by atoms with van der Waals surface area (Å²) in [7, 11) is 0. The molecule has 138 valence electrons. The molecule has 3 rings (SSSR count). The quantitative estimate of drug-likeness (QED) is 0.680. The van der Waals surface area contributed by atoms with Crippen molar-refractivity contribution in [3.63, 3.8) is 0 Å². The van der Waals surface area contributed by atoms with Crippen LogP contribution in [-0.2, 0) is 4.79 Å². The Labute approximate surface area is 161 Å². The second-order valence-corrected chi connectivity index (χ2v) is 6.83. The number of amides is 1. The maximum Gasteiger partial charge on any atom is 0.258 e. The molecule has 0 radical (unpaired) electrons. The molecule has 1 unspecified atom stereocenters. The van der Waals surface area contributed by atoms with Crippen molar-refractivity contribution in [1.82, 2.24) is 5.32 Å². The van der Waals surface area contributed by atoms with Gasteiger partial charge >= 0.3 is 0 Å². The molecule has 3 aromatic carbocycles. The highest BCUT2D eigenvalue weighted by Gasteiger charge is 2.18. The van der Waals surface area contributed by atoms with E-state index in [1.165, 1.54) is 0 Å². The summed E-state index contributed by atoms with van der Waals surface area (Å²) >= 11 is 0. The first-order valence-corrected chi connectivity index (χ1v) is 9.14. The zero-order chi connectivity index (χ0) is 19.2. The van der Waals surface area contributed by atoms with Crippen molar-refractivity contribution in [1.29, 1.82) is 0 Å². The summed E-state index contributed by atoms with van der Waals surface area (Å²) in [5, 5.41) is 3.13. The smallest absolute Gasteiger partial charge is 0.258 e. The van der Waals surface area contributed by atoms with Gasteiger partial charge in [-0.1, -0.05) is 66.7 Å². The molecule has 0 spiro atoms. The Morgan fingerprint density at radius 2 is 1.59 bits per heavy atom. The van der Waals surface area contributed by atoms with Crippen molar-refractivity contribution in [2.45, 2.75) is 26.8 Å². The fraction of sp³-hybridized carbons (Fsp3) is 0.208. The molecule has 0 aliphatic carbocycles. The minimum Gasteiger partial charge on any atom is -0.483 e. The fourth-order valence-corrected chi connectivity index (χ4v) is 3.11. The van der Waals surface area contributed by atoms with Gasteiger partial charge in [0.1, 0.15) is 5.75 Å². The summed E-state index contributed by atoms with van der Waals surface area (Å²) in [6.07, 6.45) is 0. The van der Waals surface area contributed by atoms with Crippen molar-refractivity contribution in [2.24, 2.45) is 0 Å². The summed E-state index contributed by atoms with van der Waals surface area (Å²) in [4.78, 5) is 12.6. The average molecular weight is 359 g/mol. The lowest BCUT2D eigenvalue weighted by Crippen LogP contribution is -2.33. The monoisotopic (exact) mass is 359 g/mol. The van der Waals surface area contributed by atoms with E-state index in [0.717, 1.165) is 33.6 Å². The molecule has 3 heteroatoms. The van der Waals surface area contributed by atoms with Gasteiger partial charge in [0, 0.05) is 0 Å². The Hall–Kier alpha value is -3.07. The summed E-state index contributed by atoms with van der Waals surface area (Å²) < 4.78 is 5.77. The van der Waals surface area contributed by atoms with Crippen molar-refractivity contribution in [3.8, 4) is 5.75 Å². The summed E-state index contributed by atoms with van der Waals surface area (Å²) in [5.41, 5.74) is 5.41. The minimum atomic E-state index is -0.206. The normalized spacial score (nSPS) is 11.7.